The molecule has 7 heteroatoms. The number of carbonyl (C=O) groups excluding carboxylic acids is 1. The molecule has 4 rings (SSSR count). The predicted molar refractivity (Wildman–Crippen MR) is 110 cm³/mol. The number of benzene rings is 2. The average molecular weight is 417 g/mol. The summed E-state index contributed by atoms with van der Waals surface area (Å²) < 4.78 is 40.0. The van der Waals surface area contributed by atoms with Gasteiger partial charge in [-0.2, -0.15) is 0 Å². The molecule has 0 aliphatic carbocycles. The number of carbonyl (C=O) groups is 1. The van der Waals surface area contributed by atoms with Crippen molar-refractivity contribution in [2.75, 3.05) is 18.0 Å². The standard InChI is InChI=1S/C22H25FN2O3S/c1-16-14-19-4-2-3-5-21(19)25(16)22(26)18-10-12-24(13-11-18)29(27,28)15-17-6-8-20(23)9-7-17/h2-9,16,18H,10-15H2,1H3/t16-/m1/s1. The van der Waals surface area contributed by atoms with E-state index in [2.05, 4.69) is 13.0 Å². The Kier molecular flexibility index (Phi) is 5.44. The monoisotopic (exact) mass is 416 g/mol. The number of fused-ring (bicyclic) bond motifs is 1. The zero-order valence-electron chi connectivity index (χ0n) is 16.4. The van der Waals surface area contributed by atoms with Crippen LogP contribution in [0.2, 0.25) is 0 Å². The molecular weight excluding hydrogens is 391 g/mol. The van der Waals surface area contributed by atoms with E-state index in [9.17, 15) is 17.6 Å². The Bertz CT molecular complexity index is 999. The van der Waals surface area contributed by atoms with E-state index in [-0.39, 0.29) is 29.4 Å². The third-order valence-corrected chi connectivity index (χ3v) is 7.75. The van der Waals surface area contributed by atoms with Crippen molar-refractivity contribution in [3.05, 3.63) is 65.5 Å². The van der Waals surface area contributed by atoms with Gasteiger partial charge >= 0.3 is 0 Å². The molecule has 1 amide bonds. The van der Waals surface area contributed by atoms with Gasteiger partial charge in [0.2, 0.25) is 15.9 Å². The van der Waals surface area contributed by atoms with Gasteiger partial charge < -0.3 is 4.90 Å². The highest BCUT2D eigenvalue weighted by Gasteiger charge is 2.37. The van der Waals surface area contributed by atoms with Gasteiger partial charge in [0.05, 0.1) is 5.75 Å². The van der Waals surface area contributed by atoms with Crippen LogP contribution in [0.3, 0.4) is 0 Å². The predicted octanol–water partition coefficient (Wildman–Crippen LogP) is 3.35. The van der Waals surface area contributed by atoms with E-state index in [0.29, 0.717) is 31.5 Å². The summed E-state index contributed by atoms with van der Waals surface area (Å²) in [6.07, 6.45) is 1.90. The molecule has 1 atom stereocenters. The lowest BCUT2D eigenvalue weighted by Gasteiger charge is -2.34. The van der Waals surface area contributed by atoms with E-state index >= 15 is 0 Å². The lowest BCUT2D eigenvalue weighted by Crippen LogP contribution is -2.46. The van der Waals surface area contributed by atoms with Crippen LogP contribution < -0.4 is 4.90 Å². The van der Waals surface area contributed by atoms with Gasteiger partial charge in [0.1, 0.15) is 5.82 Å². The van der Waals surface area contributed by atoms with Crippen molar-refractivity contribution in [2.45, 2.75) is 38.0 Å². The molecular formula is C22H25FN2O3S. The Morgan fingerprint density at radius 3 is 2.41 bits per heavy atom. The summed E-state index contributed by atoms with van der Waals surface area (Å²) in [6, 6.07) is 13.6. The van der Waals surface area contributed by atoms with Crippen LogP contribution in [-0.2, 0) is 27.0 Å². The first-order valence-electron chi connectivity index (χ1n) is 9.98. The fraction of sp³-hybridized carbons (Fsp3) is 0.409. The minimum Gasteiger partial charge on any atom is -0.309 e. The van der Waals surface area contributed by atoms with Gasteiger partial charge in [-0.15, -0.1) is 0 Å². The van der Waals surface area contributed by atoms with Crippen molar-refractivity contribution in [1.82, 2.24) is 4.31 Å². The molecule has 0 saturated carbocycles. The second-order valence-corrected chi connectivity index (χ2v) is 9.92. The number of para-hydroxylation sites is 1. The summed E-state index contributed by atoms with van der Waals surface area (Å²) in [5.41, 5.74) is 2.73. The summed E-state index contributed by atoms with van der Waals surface area (Å²) in [5.74, 6) is -0.607. The van der Waals surface area contributed by atoms with Gasteiger partial charge in [-0.1, -0.05) is 30.3 Å². The number of nitrogens with zero attached hydrogens (tertiary/aromatic N) is 2. The molecule has 0 aromatic heterocycles. The molecule has 0 bridgehead atoms. The maximum atomic E-state index is 13.2. The third-order valence-electron chi connectivity index (χ3n) is 5.90. The maximum Gasteiger partial charge on any atom is 0.230 e. The zero-order valence-corrected chi connectivity index (χ0v) is 17.2. The highest BCUT2D eigenvalue weighted by molar-refractivity contribution is 7.88. The summed E-state index contributed by atoms with van der Waals surface area (Å²) in [6.45, 7) is 2.73. The number of rotatable bonds is 4. The quantitative estimate of drug-likeness (QED) is 0.768. The molecule has 0 spiro atoms. The molecule has 1 fully saturated rings. The fourth-order valence-corrected chi connectivity index (χ4v) is 5.92. The van der Waals surface area contributed by atoms with Crippen LogP contribution >= 0.6 is 0 Å². The van der Waals surface area contributed by atoms with Crippen molar-refractivity contribution in [1.29, 1.82) is 0 Å². The Hall–Kier alpha value is -2.25. The second-order valence-electron chi connectivity index (χ2n) is 7.95. The van der Waals surface area contributed by atoms with Gasteiger partial charge in [-0.25, -0.2) is 17.1 Å². The number of piperidine rings is 1. The van der Waals surface area contributed by atoms with E-state index in [4.69, 9.17) is 0 Å². The van der Waals surface area contributed by atoms with Crippen LogP contribution in [0.15, 0.2) is 48.5 Å². The summed E-state index contributed by atoms with van der Waals surface area (Å²) in [7, 11) is -3.49. The molecule has 2 aromatic carbocycles. The highest BCUT2D eigenvalue weighted by Crippen LogP contribution is 2.35. The van der Waals surface area contributed by atoms with Crippen molar-refractivity contribution in [3.63, 3.8) is 0 Å². The van der Waals surface area contributed by atoms with Gasteiger partial charge in [0.15, 0.2) is 0 Å². The van der Waals surface area contributed by atoms with Crippen LogP contribution in [0.25, 0.3) is 0 Å². The van der Waals surface area contributed by atoms with Crippen LogP contribution in [0.1, 0.15) is 30.9 Å². The molecule has 2 heterocycles. The van der Waals surface area contributed by atoms with E-state index in [1.54, 1.807) is 0 Å². The van der Waals surface area contributed by atoms with E-state index in [1.165, 1.54) is 34.1 Å². The Morgan fingerprint density at radius 2 is 1.72 bits per heavy atom. The van der Waals surface area contributed by atoms with Crippen molar-refractivity contribution < 1.29 is 17.6 Å². The van der Waals surface area contributed by atoms with Crippen LogP contribution in [0.5, 0.6) is 0 Å². The van der Waals surface area contributed by atoms with Crippen molar-refractivity contribution >= 4 is 21.6 Å². The van der Waals surface area contributed by atoms with Crippen LogP contribution in [-0.4, -0.2) is 37.8 Å². The molecule has 29 heavy (non-hydrogen) atoms. The number of anilines is 1. The van der Waals surface area contributed by atoms with Crippen molar-refractivity contribution in [2.24, 2.45) is 5.92 Å². The number of halogens is 1. The van der Waals surface area contributed by atoms with E-state index in [0.717, 1.165) is 12.1 Å². The fourth-order valence-electron chi connectivity index (χ4n) is 4.36. The highest BCUT2D eigenvalue weighted by atomic mass is 32.2. The molecule has 0 unspecified atom stereocenters. The number of hydrogen-bond acceptors (Lipinski definition) is 3. The molecule has 154 valence electrons. The SMILES string of the molecule is C[C@@H]1Cc2ccccc2N1C(=O)C1CCN(S(=O)(=O)Cc2ccc(F)cc2)CC1. The topological polar surface area (TPSA) is 57.7 Å². The lowest BCUT2D eigenvalue weighted by molar-refractivity contribution is -0.123. The number of amides is 1. The number of sulfonamides is 1. The maximum absolute atomic E-state index is 13.2. The molecule has 5 nitrogen and oxygen atoms in total. The second kappa shape index (κ2) is 7.88. The molecule has 2 aliphatic rings. The Balaban J connectivity index is 1.40. The molecule has 2 aliphatic heterocycles. The minimum absolute atomic E-state index is 0.0954. The van der Waals surface area contributed by atoms with Gasteiger partial charge in [0.25, 0.3) is 0 Å². The van der Waals surface area contributed by atoms with Crippen LogP contribution in [0.4, 0.5) is 10.1 Å². The number of hydrogen-bond donors (Lipinski definition) is 0. The van der Waals surface area contributed by atoms with E-state index in [1.807, 2.05) is 23.1 Å². The molecule has 0 N–H and O–H groups in total. The minimum atomic E-state index is -3.49. The third kappa shape index (κ3) is 4.07. The Labute approximate surface area is 171 Å². The molecule has 2 aromatic rings. The van der Waals surface area contributed by atoms with E-state index < -0.39 is 10.0 Å². The Morgan fingerprint density at radius 1 is 1.07 bits per heavy atom. The first-order chi connectivity index (χ1) is 13.8. The van der Waals surface area contributed by atoms with Gasteiger partial charge in [-0.3, -0.25) is 4.79 Å². The summed E-state index contributed by atoms with van der Waals surface area (Å²) in [5, 5.41) is 0. The molecule has 1 saturated heterocycles. The first kappa shape index (κ1) is 20.0. The van der Waals surface area contributed by atoms with Gasteiger partial charge in [-0.05, 0) is 55.5 Å². The van der Waals surface area contributed by atoms with Crippen molar-refractivity contribution in [3.8, 4) is 0 Å². The van der Waals surface area contributed by atoms with Crippen LogP contribution in [0, 0.1) is 11.7 Å². The lowest BCUT2D eigenvalue weighted by atomic mass is 9.96. The smallest absolute Gasteiger partial charge is 0.230 e. The van der Waals surface area contributed by atoms with Gasteiger partial charge in [0, 0.05) is 30.7 Å². The largest absolute Gasteiger partial charge is 0.309 e. The first-order valence-corrected chi connectivity index (χ1v) is 11.6. The zero-order chi connectivity index (χ0) is 20.6. The molecule has 0 radical (unpaired) electrons. The summed E-state index contributed by atoms with van der Waals surface area (Å²) in [4.78, 5) is 15.1. The normalized spacial score (nSPS) is 20.6. The average Bonchev–Trinajstić information content (AvgIpc) is 3.05. The summed E-state index contributed by atoms with van der Waals surface area (Å²) >= 11 is 0.